The minimum Gasteiger partial charge on any atom is -0.379 e. The molecule has 3 nitrogen and oxygen atoms in total. The number of aromatic nitrogens is 2. The second kappa shape index (κ2) is 5.29. The molecule has 0 fully saturated rings. The summed E-state index contributed by atoms with van der Waals surface area (Å²) < 4.78 is 0. The van der Waals surface area contributed by atoms with Crippen molar-refractivity contribution in [1.29, 1.82) is 0 Å². The Bertz CT molecular complexity index is 603. The molecule has 1 aromatic carbocycles. The molecule has 3 rings (SSSR count). The zero-order chi connectivity index (χ0) is 12.2. The molecule has 1 N–H and O–H groups in total. The molecule has 0 aliphatic carbocycles. The van der Waals surface area contributed by atoms with E-state index in [2.05, 4.69) is 38.9 Å². The molecule has 0 saturated carbocycles. The molecule has 0 radical (unpaired) electrons. The van der Waals surface area contributed by atoms with Gasteiger partial charge in [-0.2, -0.15) is 0 Å². The maximum atomic E-state index is 4.32. The number of rotatable bonds is 4. The maximum absolute atomic E-state index is 4.32. The fraction of sp³-hybridized carbons (Fsp3) is 0.0769. The molecule has 0 spiro atoms. The van der Waals surface area contributed by atoms with E-state index >= 15 is 0 Å². The third-order valence-corrected chi connectivity index (χ3v) is 3.96. The monoisotopic (exact) mass is 273 g/mol. The van der Waals surface area contributed by atoms with E-state index in [1.807, 2.05) is 23.2 Å². The Morgan fingerprint density at radius 1 is 1.22 bits per heavy atom. The molecule has 0 aliphatic heterocycles. The zero-order valence-corrected chi connectivity index (χ0v) is 11.2. The Balaban J connectivity index is 1.75. The Morgan fingerprint density at radius 2 is 2.22 bits per heavy atom. The lowest BCUT2D eigenvalue weighted by atomic mass is 10.2. The van der Waals surface area contributed by atoms with Crippen molar-refractivity contribution in [1.82, 2.24) is 9.97 Å². The Hall–Kier alpha value is -1.72. The van der Waals surface area contributed by atoms with Crippen molar-refractivity contribution in [2.24, 2.45) is 0 Å². The Kier molecular flexibility index (Phi) is 3.34. The normalized spacial score (nSPS) is 10.4. The second-order valence-electron chi connectivity index (χ2n) is 3.75. The van der Waals surface area contributed by atoms with Gasteiger partial charge in [0, 0.05) is 28.2 Å². The number of hydrogen-bond acceptors (Lipinski definition) is 5. The maximum Gasteiger partial charge on any atom is 0.123 e. The van der Waals surface area contributed by atoms with Gasteiger partial charge in [-0.1, -0.05) is 12.1 Å². The molecular weight excluding hydrogens is 262 g/mol. The first-order valence-corrected chi connectivity index (χ1v) is 7.35. The van der Waals surface area contributed by atoms with Gasteiger partial charge in [-0.25, -0.2) is 9.97 Å². The molecule has 0 aliphatic rings. The van der Waals surface area contributed by atoms with Gasteiger partial charge in [0.15, 0.2) is 0 Å². The molecule has 3 aromatic rings. The van der Waals surface area contributed by atoms with E-state index in [4.69, 9.17) is 0 Å². The molecule has 0 bridgehead atoms. The lowest BCUT2D eigenvalue weighted by Crippen LogP contribution is -1.99. The van der Waals surface area contributed by atoms with Crippen molar-refractivity contribution in [3.05, 3.63) is 52.4 Å². The summed E-state index contributed by atoms with van der Waals surface area (Å²) in [7, 11) is 0. The van der Waals surface area contributed by atoms with Gasteiger partial charge in [-0.15, -0.1) is 22.7 Å². The molecular formula is C13H11N3S2. The first kappa shape index (κ1) is 11.4. The first-order valence-electron chi connectivity index (χ1n) is 5.53. The predicted octanol–water partition coefficient (Wildman–Crippen LogP) is 3.88. The van der Waals surface area contributed by atoms with Gasteiger partial charge in [0.2, 0.25) is 0 Å². The summed E-state index contributed by atoms with van der Waals surface area (Å²) in [5, 5.41) is 8.46. The quantitative estimate of drug-likeness (QED) is 0.784. The highest BCUT2D eigenvalue weighted by Gasteiger charge is 2.01. The highest BCUT2D eigenvalue weighted by molar-refractivity contribution is 7.13. The zero-order valence-electron chi connectivity index (χ0n) is 9.54. The minimum atomic E-state index is 0.755. The third kappa shape index (κ3) is 2.57. The summed E-state index contributed by atoms with van der Waals surface area (Å²) in [5.41, 5.74) is 5.16. The smallest absolute Gasteiger partial charge is 0.123 e. The number of nitrogens with one attached hydrogen (secondary N) is 1. The van der Waals surface area contributed by atoms with Gasteiger partial charge < -0.3 is 5.32 Å². The van der Waals surface area contributed by atoms with E-state index in [-0.39, 0.29) is 0 Å². The highest BCUT2D eigenvalue weighted by Crippen LogP contribution is 2.24. The number of hydrogen-bond donors (Lipinski definition) is 1. The molecule has 0 amide bonds. The summed E-state index contributed by atoms with van der Waals surface area (Å²) in [6, 6.07) is 8.29. The molecule has 90 valence electrons. The van der Waals surface area contributed by atoms with Crippen molar-refractivity contribution in [3.8, 4) is 10.6 Å². The molecule has 2 aromatic heterocycles. The SMILES string of the molecule is c1cc(NCc2cscn2)cc(-c2nccs2)c1. The summed E-state index contributed by atoms with van der Waals surface area (Å²) >= 11 is 3.27. The molecule has 0 atom stereocenters. The fourth-order valence-electron chi connectivity index (χ4n) is 1.65. The van der Waals surface area contributed by atoms with Crippen LogP contribution in [-0.2, 0) is 6.54 Å². The number of thiazole rings is 2. The van der Waals surface area contributed by atoms with E-state index in [9.17, 15) is 0 Å². The molecule has 18 heavy (non-hydrogen) atoms. The van der Waals surface area contributed by atoms with Crippen molar-refractivity contribution in [2.45, 2.75) is 6.54 Å². The van der Waals surface area contributed by atoms with Crippen LogP contribution in [0.5, 0.6) is 0 Å². The lowest BCUT2D eigenvalue weighted by Gasteiger charge is -2.05. The van der Waals surface area contributed by atoms with E-state index in [1.54, 1.807) is 22.7 Å². The topological polar surface area (TPSA) is 37.8 Å². The number of nitrogens with zero attached hydrogens (tertiary/aromatic N) is 2. The van der Waals surface area contributed by atoms with E-state index < -0.39 is 0 Å². The minimum absolute atomic E-state index is 0.755. The molecule has 2 heterocycles. The largest absolute Gasteiger partial charge is 0.379 e. The van der Waals surface area contributed by atoms with E-state index in [1.165, 1.54) is 0 Å². The van der Waals surface area contributed by atoms with Gasteiger partial charge in [0.25, 0.3) is 0 Å². The Morgan fingerprint density at radius 3 is 3.00 bits per heavy atom. The van der Waals surface area contributed by atoms with Crippen LogP contribution in [-0.4, -0.2) is 9.97 Å². The molecule has 0 saturated heterocycles. The predicted molar refractivity (Wildman–Crippen MR) is 77.0 cm³/mol. The average Bonchev–Trinajstić information content (AvgIpc) is 3.10. The summed E-state index contributed by atoms with van der Waals surface area (Å²) in [4.78, 5) is 8.57. The Labute approximate surface area is 113 Å². The van der Waals surface area contributed by atoms with Gasteiger partial charge in [-0.3, -0.25) is 0 Å². The summed E-state index contributed by atoms with van der Waals surface area (Å²) in [6.45, 7) is 0.755. The van der Waals surface area contributed by atoms with Crippen molar-refractivity contribution < 1.29 is 0 Å². The standard InChI is InChI=1S/C13H11N3S2/c1-2-10(13-14-4-5-18-13)6-11(3-1)15-7-12-8-17-9-16-12/h1-6,8-9,15H,7H2. The van der Waals surface area contributed by atoms with Gasteiger partial charge in [0.1, 0.15) is 5.01 Å². The number of anilines is 1. The van der Waals surface area contributed by atoms with Crippen LogP contribution < -0.4 is 5.32 Å². The first-order chi connectivity index (χ1) is 8.92. The van der Waals surface area contributed by atoms with Crippen LogP contribution in [0, 0.1) is 0 Å². The highest BCUT2D eigenvalue weighted by atomic mass is 32.1. The van der Waals surface area contributed by atoms with Crippen LogP contribution in [0.3, 0.4) is 0 Å². The van der Waals surface area contributed by atoms with Gasteiger partial charge in [0.05, 0.1) is 17.7 Å². The van der Waals surface area contributed by atoms with Crippen molar-refractivity contribution >= 4 is 28.4 Å². The summed E-state index contributed by atoms with van der Waals surface area (Å²) in [6.07, 6.45) is 1.83. The van der Waals surface area contributed by atoms with Crippen LogP contribution in [0.1, 0.15) is 5.69 Å². The van der Waals surface area contributed by atoms with Crippen LogP contribution in [0.25, 0.3) is 10.6 Å². The van der Waals surface area contributed by atoms with E-state index in [0.717, 1.165) is 28.5 Å². The third-order valence-electron chi connectivity index (χ3n) is 2.50. The van der Waals surface area contributed by atoms with Crippen LogP contribution in [0.2, 0.25) is 0 Å². The average molecular weight is 273 g/mol. The second-order valence-corrected chi connectivity index (χ2v) is 5.36. The van der Waals surface area contributed by atoms with Crippen LogP contribution >= 0.6 is 22.7 Å². The molecule has 5 heteroatoms. The van der Waals surface area contributed by atoms with Gasteiger partial charge >= 0.3 is 0 Å². The lowest BCUT2D eigenvalue weighted by molar-refractivity contribution is 1.07. The van der Waals surface area contributed by atoms with Crippen molar-refractivity contribution in [2.75, 3.05) is 5.32 Å². The van der Waals surface area contributed by atoms with Crippen LogP contribution in [0.15, 0.2) is 46.7 Å². The molecule has 0 unspecified atom stereocenters. The summed E-state index contributed by atoms with van der Waals surface area (Å²) in [5.74, 6) is 0. The van der Waals surface area contributed by atoms with Gasteiger partial charge in [-0.05, 0) is 12.1 Å². The fourth-order valence-corrected chi connectivity index (χ4v) is 2.84. The number of benzene rings is 1. The van der Waals surface area contributed by atoms with Crippen molar-refractivity contribution in [3.63, 3.8) is 0 Å². The van der Waals surface area contributed by atoms with E-state index in [0.29, 0.717) is 0 Å². The van der Waals surface area contributed by atoms with Crippen LogP contribution in [0.4, 0.5) is 5.69 Å².